The van der Waals surface area contributed by atoms with Crippen molar-refractivity contribution >= 4 is 23.3 Å². The molecule has 0 spiro atoms. The van der Waals surface area contributed by atoms with Gasteiger partial charge in [0.2, 0.25) is 0 Å². The van der Waals surface area contributed by atoms with E-state index < -0.39 is 11.5 Å². The summed E-state index contributed by atoms with van der Waals surface area (Å²) in [7, 11) is 1.63. The van der Waals surface area contributed by atoms with Gasteiger partial charge in [-0.1, -0.05) is 25.4 Å². The van der Waals surface area contributed by atoms with Crippen molar-refractivity contribution in [1.29, 1.82) is 0 Å². The zero-order valence-electron chi connectivity index (χ0n) is 16.9. The summed E-state index contributed by atoms with van der Waals surface area (Å²) in [5.74, 6) is 0.259. The molecule has 2 aromatic rings. The maximum absolute atomic E-state index is 12.7. The number of hydrogen-bond acceptors (Lipinski definition) is 4. The van der Waals surface area contributed by atoms with Crippen LogP contribution in [0.5, 0.6) is 5.75 Å². The van der Waals surface area contributed by atoms with E-state index in [1.807, 2.05) is 13.8 Å². The maximum Gasteiger partial charge on any atom is 0.261 e. The number of ketones is 1. The number of H-pyrrole nitrogens is 1. The molecule has 0 saturated carbocycles. The highest BCUT2D eigenvalue weighted by Crippen LogP contribution is 2.33. The predicted octanol–water partition coefficient (Wildman–Crippen LogP) is 3.72. The van der Waals surface area contributed by atoms with E-state index in [0.717, 1.165) is 0 Å². The fourth-order valence-electron chi connectivity index (χ4n) is 3.52. The smallest absolute Gasteiger partial charge is 0.261 e. The van der Waals surface area contributed by atoms with Gasteiger partial charge in [0, 0.05) is 36.3 Å². The highest BCUT2D eigenvalue weighted by Gasteiger charge is 2.33. The number of benzene rings is 1. The molecule has 154 valence electrons. The average molecular weight is 417 g/mol. The summed E-state index contributed by atoms with van der Waals surface area (Å²) < 4.78 is 5.62. The second-order valence-corrected chi connectivity index (χ2v) is 8.66. The predicted molar refractivity (Wildman–Crippen MR) is 112 cm³/mol. The van der Waals surface area contributed by atoms with Gasteiger partial charge in [0.15, 0.2) is 5.78 Å². The lowest BCUT2D eigenvalue weighted by Crippen LogP contribution is -2.36. The molecule has 1 aliphatic rings. The number of fused-ring (bicyclic) bond motifs is 1. The van der Waals surface area contributed by atoms with Gasteiger partial charge < -0.3 is 14.6 Å². The van der Waals surface area contributed by atoms with Gasteiger partial charge in [-0.25, -0.2) is 0 Å². The molecule has 0 saturated heterocycles. The van der Waals surface area contributed by atoms with E-state index in [9.17, 15) is 14.4 Å². The fraction of sp³-hybridized carbons (Fsp3) is 0.409. The van der Waals surface area contributed by atoms with Gasteiger partial charge in [0.25, 0.3) is 11.5 Å². The van der Waals surface area contributed by atoms with Crippen LogP contribution in [0.1, 0.15) is 53.1 Å². The average Bonchev–Trinajstić information content (AvgIpc) is 2.64. The standard InChI is InChI=1S/C22H25ClN2O4/c1-22(2)12-18-16(19(26)13-22)11-17(20(27)24-18)21(28)25(3)9-4-10-29-15-7-5-14(23)6-8-15/h5-8,11H,4,9-10,12-13H2,1-3H3,(H,24,27). The van der Waals surface area contributed by atoms with Crippen molar-refractivity contribution in [2.45, 2.75) is 33.1 Å². The zero-order valence-corrected chi connectivity index (χ0v) is 17.6. The molecule has 3 rings (SSSR count). The summed E-state index contributed by atoms with van der Waals surface area (Å²) in [5.41, 5.74) is 0.416. The van der Waals surface area contributed by atoms with Crippen LogP contribution in [0.2, 0.25) is 5.02 Å². The first-order valence-electron chi connectivity index (χ1n) is 9.59. The van der Waals surface area contributed by atoms with Crippen LogP contribution in [0, 0.1) is 5.41 Å². The third-order valence-corrected chi connectivity index (χ3v) is 5.27. The third kappa shape index (κ3) is 5.07. The number of halogens is 1. The summed E-state index contributed by atoms with van der Waals surface area (Å²) in [6.07, 6.45) is 1.61. The second kappa shape index (κ2) is 8.41. The molecule has 0 aliphatic heterocycles. The summed E-state index contributed by atoms with van der Waals surface area (Å²) in [4.78, 5) is 41.8. The van der Waals surface area contributed by atoms with Crippen LogP contribution in [0.25, 0.3) is 0 Å². The Bertz CT molecular complexity index is 979. The molecule has 0 bridgehead atoms. The number of hydrogen-bond donors (Lipinski definition) is 1. The van der Waals surface area contributed by atoms with E-state index in [2.05, 4.69) is 4.98 Å². The molecular weight excluding hydrogens is 392 g/mol. The molecule has 0 unspecified atom stereocenters. The van der Waals surface area contributed by atoms with Gasteiger partial charge in [-0.3, -0.25) is 14.4 Å². The van der Waals surface area contributed by atoms with Crippen LogP contribution in [-0.4, -0.2) is 41.8 Å². The first-order chi connectivity index (χ1) is 13.7. The molecule has 7 heteroatoms. The minimum atomic E-state index is -0.455. The molecule has 1 aliphatic carbocycles. The number of carbonyl (C=O) groups excluding carboxylic acids is 2. The largest absolute Gasteiger partial charge is 0.494 e. The Hall–Kier alpha value is -2.60. The minimum absolute atomic E-state index is 0.00192. The van der Waals surface area contributed by atoms with Crippen molar-refractivity contribution < 1.29 is 14.3 Å². The van der Waals surface area contributed by atoms with E-state index in [1.54, 1.807) is 31.3 Å². The number of Topliss-reactive ketones (excluding diaryl/α,β-unsaturated/α-hetero) is 1. The first kappa shape index (κ1) is 21.1. The van der Waals surface area contributed by atoms with Crippen molar-refractivity contribution in [3.05, 3.63) is 62.5 Å². The highest BCUT2D eigenvalue weighted by atomic mass is 35.5. The minimum Gasteiger partial charge on any atom is -0.494 e. The summed E-state index contributed by atoms with van der Waals surface area (Å²) in [6, 6.07) is 8.51. The lowest BCUT2D eigenvalue weighted by atomic mass is 9.75. The van der Waals surface area contributed by atoms with Gasteiger partial charge in [-0.05, 0) is 48.6 Å². The van der Waals surface area contributed by atoms with Crippen LogP contribution in [-0.2, 0) is 6.42 Å². The molecule has 6 nitrogen and oxygen atoms in total. The van der Waals surface area contributed by atoms with Gasteiger partial charge in [0.05, 0.1) is 6.61 Å². The number of rotatable bonds is 6. The Labute approximate surface area is 174 Å². The second-order valence-electron chi connectivity index (χ2n) is 8.23. The zero-order chi connectivity index (χ0) is 21.2. The molecule has 29 heavy (non-hydrogen) atoms. The van der Waals surface area contributed by atoms with Crippen LogP contribution >= 0.6 is 11.6 Å². The van der Waals surface area contributed by atoms with Crippen LogP contribution in [0.3, 0.4) is 0 Å². The summed E-state index contributed by atoms with van der Waals surface area (Å²) in [6.45, 7) is 4.83. The molecule has 0 radical (unpaired) electrons. The molecule has 0 fully saturated rings. The van der Waals surface area contributed by atoms with Crippen molar-refractivity contribution in [3.63, 3.8) is 0 Å². The number of aromatic nitrogens is 1. The Balaban J connectivity index is 1.62. The number of nitrogens with zero attached hydrogens (tertiary/aromatic N) is 1. The topological polar surface area (TPSA) is 79.5 Å². The number of ether oxygens (including phenoxy) is 1. The number of amides is 1. The molecule has 0 atom stereocenters. The lowest BCUT2D eigenvalue weighted by molar-refractivity contribution is 0.0786. The van der Waals surface area contributed by atoms with Crippen LogP contribution in [0.4, 0.5) is 0 Å². The molecular formula is C22H25ClN2O4. The van der Waals surface area contributed by atoms with Crippen LogP contribution in [0.15, 0.2) is 35.1 Å². The number of pyridine rings is 1. The van der Waals surface area contributed by atoms with Crippen molar-refractivity contribution in [2.75, 3.05) is 20.2 Å². The SMILES string of the molecule is CN(CCCOc1ccc(Cl)cc1)C(=O)c1cc2c([nH]c1=O)CC(C)(C)CC2=O. The quantitative estimate of drug-likeness (QED) is 0.728. The van der Waals surface area contributed by atoms with E-state index in [4.69, 9.17) is 16.3 Å². The molecule has 1 aromatic carbocycles. The number of aromatic amines is 1. The Kier molecular flexibility index (Phi) is 6.13. The van der Waals surface area contributed by atoms with E-state index in [-0.39, 0.29) is 16.8 Å². The molecule has 1 aromatic heterocycles. The summed E-state index contributed by atoms with van der Waals surface area (Å²) >= 11 is 5.84. The van der Waals surface area contributed by atoms with Gasteiger partial charge in [0.1, 0.15) is 11.3 Å². The van der Waals surface area contributed by atoms with E-state index >= 15 is 0 Å². The van der Waals surface area contributed by atoms with Crippen LogP contribution < -0.4 is 10.3 Å². The fourth-order valence-corrected chi connectivity index (χ4v) is 3.64. The van der Waals surface area contributed by atoms with E-state index in [1.165, 1.54) is 11.0 Å². The lowest BCUT2D eigenvalue weighted by Gasteiger charge is -2.30. The number of carbonyl (C=O) groups is 2. The van der Waals surface area contributed by atoms with Crippen molar-refractivity contribution in [3.8, 4) is 5.75 Å². The molecule has 1 amide bonds. The summed E-state index contributed by atoms with van der Waals surface area (Å²) in [5, 5.41) is 0.639. The van der Waals surface area contributed by atoms with Crippen molar-refractivity contribution in [2.24, 2.45) is 5.41 Å². The van der Waals surface area contributed by atoms with Crippen molar-refractivity contribution in [1.82, 2.24) is 9.88 Å². The Morgan fingerprint density at radius 1 is 1.21 bits per heavy atom. The van der Waals surface area contributed by atoms with Gasteiger partial charge in [-0.2, -0.15) is 0 Å². The Morgan fingerprint density at radius 3 is 2.59 bits per heavy atom. The normalized spacial score (nSPS) is 15.0. The number of nitrogens with one attached hydrogen (secondary N) is 1. The molecule has 1 heterocycles. The molecule has 1 N–H and O–H groups in total. The first-order valence-corrected chi connectivity index (χ1v) is 9.97. The monoisotopic (exact) mass is 416 g/mol. The van der Waals surface area contributed by atoms with Gasteiger partial charge >= 0.3 is 0 Å². The maximum atomic E-state index is 12.7. The van der Waals surface area contributed by atoms with Gasteiger partial charge in [-0.15, -0.1) is 0 Å². The van der Waals surface area contributed by atoms with E-state index in [0.29, 0.717) is 54.4 Å². The third-order valence-electron chi connectivity index (χ3n) is 5.02. The Morgan fingerprint density at radius 2 is 1.90 bits per heavy atom. The highest BCUT2D eigenvalue weighted by molar-refractivity contribution is 6.30.